The summed E-state index contributed by atoms with van der Waals surface area (Å²) in [5, 5.41) is 21.4. The number of aliphatic carboxylic acids is 2. The van der Waals surface area contributed by atoms with Crippen molar-refractivity contribution in [2.45, 2.75) is 19.3 Å². The summed E-state index contributed by atoms with van der Waals surface area (Å²) >= 11 is 0. The largest absolute Gasteiger partial charge is 1.00 e. The number of rotatable bonds is 2. The molecule has 0 N–H and O–H groups in total. The van der Waals surface area contributed by atoms with Gasteiger partial charge in [-0.25, -0.2) is 0 Å². The van der Waals surface area contributed by atoms with E-state index in [0.717, 1.165) is 19.3 Å². The van der Waals surface area contributed by atoms with E-state index in [1.165, 1.54) is 0 Å². The Morgan fingerprint density at radius 3 is 1.67 bits per heavy atom. The first-order valence-corrected chi connectivity index (χ1v) is 4.53. The van der Waals surface area contributed by atoms with E-state index < -0.39 is 23.8 Å². The van der Waals surface area contributed by atoms with Gasteiger partial charge in [-0.15, -0.1) is 0 Å². The van der Waals surface area contributed by atoms with E-state index in [2.05, 4.69) is 0 Å². The SMILES string of the molecule is O=C([O-])C1C2CCC(C2)C1C(=O)[O-].[H+].[H-].[Li+].[Na+]. The van der Waals surface area contributed by atoms with Crippen molar-refractivity contribution in [2.24, 2.45) is 23.7 Å². The summed E-state index contributed by atoms with van der Waals surface area (Å²) in [7, 11) is 0. The van der Waals surface area contributed by atoms with E-state index in [0.29, 0.717) is 0 Å². The molecule has 4 nitrogen and oxygen atoms in total. The van der Waals surface area contributed by atoms with Crippen LogP contribution >= 0.6 is 0 Å². The van der Waals surface area contributed by atoms with Crippen LogP contribution in [0, 0.1) is 23.7 Å². The number of carboxylic acid groups (broad SMARTS) is 2. The van der Waals surface area contributed by atoms with Gasteiger partial charge in [0.05, 0.1) is 0 Å². The van der Waals surface area contributed by atoms with E-state index in [1.54, 1.807) is 0 Å². The second-order valence-corrected chi connectivity index (χ2v) is 4.02. The third-order valence-corrected chi connectivity index (χ3v) is 3.46. The Kier molecular flexibility index (Phi) is 5.95. The average molecular weight is 214 g/mol. The Bertz CT molecular complexity index is 254. The molecule has 0 spiro atoms. The Labute approximate surface area is 125 Å². The number of carbonyl (C=O) groups excluding carboxylic acids is 2. The molecule has 4 atom stereocenters. The molecule has 6 heteroatoms. The van der Waals surface area contributed by atoms with Crippen LogP contribution < -0.4 is 58.6 Å². The molecule has 2 fully saturated rings. The van der Waals surface area contributed by atoms with Crippen molar-refractivity contribution in [3.8, 4) is 0 Å². The van der Waals surface area contributed by atoms with Gasteiger partial charge < -0.3 is 21.2 Å². The van der Waals surface area contributed by atoms with Crippen LogP contribution in [0.25, 0.3) is 0 Å². The summed E-state index contributed by atoms with van der Waals surface area (Å²) in [6.07, 6.45) is 2.37. The van der Waals surface area contributed by atoms with Gasteiger partial charge in [-0.3, -0.25) is 0 Å². The van der Waals surface area contributed by atoms with Gasteiger partial charge in [0.25, 0.3) is 0 Å². The van der Waals surface area contributed by atoms with Gasteiger partial charge in [0, 0.05) is 23.8 Å². The van der Waals surface area contributed by atoms with Gasteiger partial charge in [-0.1, -0.05) is 0 Å². The van der Waals surface area contributed by atoms with Crippen molar-refractivity contribution in [3.05, 3.63) is 0 Å². The van der Waals surface area contributed by atoms with Crippen LogP contribution in [-0.4, -0.2) is 11.9 Å². The zero-order valence-electron chi connectivity index (χ0n) is 11.1. The van der Waals surface area contributed by atoms with Gasteiger partial charge in [-0.05, 0) is 31.1 Å². The number of carbonyl (C=O) groups is 2. The minimum atomic E-state index is -1.22. The van der Waals surface area contributed by atoms with E-state index in [9.17, 15) is 19.8 Å². The van der Waals surface area contributed by atoms with E-state index >= 15 is 0 Å². The molecule has 2 saturated carbocycles. The van der Waals surface area contributed by atoms with E-state index in [-0.39, 0.29) is 63.1 Å². The molecule has 0 heterocycles. The standard InChI is InChI=1S/C9H12O4.Li.Na.H/c10-8(11)6-4-1-2-5(3-4)7(6)9(12)13;;;/h4-7H,1-3H2,(H,10,11)(H,12,13);;;/q;2*+1;-1/p-1. The summed E-state index contributed by atoms with van der Waals surface area (Å²) in [4.78, 5) is 21.4. The number of carboxylic acids is 2. The molecule has 0 saturated heterocycles. The third-order valence-electron chi connectivity index (χ3n) is 3.46. The van der Waals surface area contributed by atoms with Crippen LogP contribution in [-0.2, 0) is 9.59 Å². The van der Waals surface area contributed by atoms with Gasteiger partial charge in [-0.2, -0.15) is 0 Å². The van der Waals surface area contributed by atoms with Crippen molar-refractivity contribution in [2.75, 3.05) is 0 Å². The molecule has 15 heavy (non-hydrogen) atoms. The van der Waals surface area contributed by atoms with Crippen LogP contribution in [0.4, 0.5) is 0 Å². The summed E-state index contributed by atoms with van der Waals surface area (Å²) in [5.41, 5.74) is 0. The monoisotopic (exact) mass is 214 g/mol. The molecule has 0 aliphatic heterocycles. The maximum absolute atomic E-state index is 10.7. The van der Waals surface area contributed by atoms with Crippen molar-refractivity contribution >= 4 is 11.9 Å². The molecule has 4 unspecified atom stereocenters. The molecule has 0 radical (unpaired) electrons. The zero-order valence-corrected chi connectivity index (χ0v) is 11.1. The maximum atomic E-state index is 10.7. The average Bonchev–Trinajstić information content (AvgIpc) is 2.60. The van der Waals surface area contributed by atoms with Gasteiger partial charge in [0.2, 0.25) is 0 Å². The van der Waals surface area contributed by atoms with Gasteiger partial charge >= 0.3 is 49.8 Å². The van der Waals surface area contributed by atoms with Crippen LogP contribution in [0.2, 0.25) is 0 Å². The first kappa shape index (κ1) is 15.5. The molecule has 74 valence electrons. The maximum Gasteiger partial charge on any atom is 1.00 e. The Balaban J connectivity index is -0.000000490. The predicted molar refractivity (Wildman–Crippen MR) is 40.0 cm³/mol. The molecule has 2 aliphatic carbocycles. The van der Waals surface area contributed by atoms with Crippen molar-refractivity contribution in [3.63, 3.8) is 0 Å². The quantitative estimate of drug-likeness (QED) is 0.428. The van der Waals surface area contributed by atoms with Gasteiger partial charge in [0.1, 0.15) is 0 Å². The molecule has 0 aromatic rings. The second-order valence-electron chi connectivity index (χ2n) is 4.02. The minimum absolute atomic E-state index is 0. The minimum Gasteiger partial charge on any atom is -1.00 e. The summed E-state index contributed by atoms with van der Waals surface area (Å²) in [5.74, 6) is -4.02. The molecule has 2 bridgehead atoms. The fraction of sp³-hybridized carbons (Fsp3) is 0.778. The first-order chi connectivity index (χ1) is 6.11. The molecule has 2 rings (SSSR count). The molecule has 0 aromatic carbocycles. The number of hydrogen-bond acceptors (Lipinski definition) is 4. The Morgan fingerprint density at radius 2 is 1.40 bits per heavy atom. The van der Waals surface area contributed by atoms with Crippen LogP contribution in [0.3, 0.4) is 0 Å². The van der Waals surface area contributed by atoms with Gasteiger partial charge in [0.15, 0.2) is 0 Å². The predicted octanol–water partition coefficient (Wildman–Crippen LogP) is -7.62. The van der Waals surface area contributed by atoms with Crippen LogP contribution in [0.1, 0.15) is 22.1 Å². The first-order valence-electron chi connectivity index (χ1n) is 4.53. The van der Waals surface area contributed by atoms with E-state index in [1.807, 2.05) is 0 Å². The number of hydrogen-bond donors (Lipinski definition) is 0. The molecular weight excluding hydrogens is 202 g/mol. The molecule has 0 aromatic heterocycles. The van der Waals surface area contributed by atoms with E-state index in [4.69, 9.17) is 0 Å². The smallest absolute Gasteiger partial charge is 1.00 e. The van der Waals surface area contributed by atoms with Crippen LogP contribution in [0.5, 0.6) is 0 Å². The Hall–Kier alpha value is 0.537. The third kappa shape index (κ3) is 2.62. The summed E-state index contributed by atoms with van der Waals surface area (Å²) in [6.45, 7) is 0. The number of fused-ring (bicyclic) bond motifs is 2. The summed E-state index contributed by atoms with van der Waals surface area (Å²) in [6, 6.07) is 0. The van der Waals surface area contributed by atoms with Crippen LogP contribution in [0.15, 0.2) is 0 Å². The fourth-order valence-corrected chi connectivity index (χ4v) is 2.97. The van der Waals surface area contributed by atoms with Crippen molar-refractivity contribution < 1.29 is 71.1 Å². The van der Waals surface area contributed by atoms with Crippen molar-refractivity contribution in [1.29, 1.82) is 0 Å². The fourth-order valence-electron chi connectivity index (χ4n) is 2.97. The molecular formula is C9H12LiNaO4. The Morgan fingerprint density at radius 1 is 1.07 bits per heavy atom. The topological polar surface area (TPSA) is 80.3 Å². The molecule has 2 aliphatic rings. The van der Waals surface area contributed by atoms with Crippen molar-refractivity contribution in [1.82, 2.24) is 0 Å². The normalized spacial score (nSPS) is 36.5. The summed E-state index contributed by atoms with van der Waals surface area (Å²) < 4.78 is 0. The second kappa shape index (κ2) is 5.74. The molecule has 0 amide bonds. The zero-order chi connectivity index (χ0) is 9.59.